The fourth-order valence-electron chi connectivity index (χ4n) is 3.36. The first-order valence-electron chi connectivity index (χ1n) is 7.95. The molecular formula is C17H19N5O. The molecule has 0 spiro atoms. The highest BCUT2D eigenvalue weighted by Crippen LogP contribution is 2.23. The van der Waals surface area contributed by atoms with Crippen molar-refractivity contribution in [2.45, 2.75) is 32.4 Å². The van der Waals surface area contributed by atoms with Gasteiger partial charge in [0.05, 0.1) is 29.6 Å². The molecule has 1 atom stereocenters. The van der Waals surface area contributed by atoms with Crippen molar-refractivity contribution in [1.82, 2.24) is 24.4 Å². The van der Waals surface area contributed by atoms with Gasteiger partial charge in [-0.25, -0.2) is 9.97 Å². The smallest absolute Gasteiger partial charge is 0.272 e. The molecule has 2 aromatic heterocycles. The van der Waals surface area contributed by atoms with Crippen LogP contribution in [-0.4, -0.2) is 42.9 Å². The number of para-hydroxylation sites is 2. The highest BCUT2D eigenvalue weighted by Gasteiger charge is 2.30. The van der Waals surface area contributed by atoms with Crippen LogP contribution in [-0.2, 0) is 6.54 Å². The Bertz CT molecular complexity index is 849. The normalized spacial score (nSPS) is 18.0. The molecule has 0 aliphatic carbocycles. The molecule has 1 aliphatic heterocycles. The number of aromatic amines is 1. The van der Waals surface area contributed by atoms with E-state index in [1.165, 1.54) is 0 Å². The standard InChI is InChI=1S/C17H19N5O/c1-12-18-9-15(20-12)17(23)22-8-4-5-13(22)10-21-11-19-14-6-2-3-7-16(14)21/h2-3,6-7,9,11,13H,4-5,8,10H2,1H3,(H,18,20)/t13-/m0/s1. The van der Waals surface area contributed by atoms with E-state index in [4.69, 9.17) is 0 Å². The predicted molar refractivity (Wildman–Crippen MR) is 87.1 cm³/mol. The molecule has 0 unspecified atom stereocenters. The number of benzene rings is 1. The molecule has 3 heterocycles. The zero-order chi connectivity index (χ0) is 15.8. The van der Waals surface area contributed by atoms with Gasteiger partial charge in [-0.15, -0.1) is 0 Å². The molecule has 4 rings (SSSR count). The van der Waals surface area contributed by atoms with Crippen LogP contribution in [0.4, 0.5) is 0 Å². The second kappa shape index (κ2) is 5.53. The summed E-state index contributed by atoms with van der Waals surface area (Å²) in [6, 6.07) is 8.29. The molecule has 1 aromatic carbocycles. The summed E-state index contributed by atoms with van der Waals surface area (Å²) in [6.45, 7) is 3.43. The molecule has 0 saturated carbocycles. The molecule has 1 saturated heterocycles. The Balaban J connectivity index is 1.57. The van der Waals surface area contributed by atoms with E-state index in [2.05, 4.69) is 25.6 Å². The van der Waals surface area contributed by atoms with Crippen molar-refractivity contribution in [3.63, 3.8) is 0 Å². The minimum Gasteiger partial charge on any atom is -0.338 e. The SMILES string of the molecule is Cc1ncc(C(=O)N2CCC[C@H]2Cn2cnc3ccccc32)[nH]1. The van der Waals surface area contributed by atoms with Crippen LogP contribution in [0.3, 0.4) is 0 Å². The summed E-state index contributed by atoms with van der Waals surface area (Å²) in [4.78, 5) is 26.3. The Kier molecular flexibility index (Phi) is 3.37. The van der Waals surface area contributed by atoms with E-state index < -0.39 is 0 Å². The first-order chi connectivity index (χ1) is 11.2. The lowest BCUT2D eigenvalue weighted by Crippen LogP contribution is -2.38. The Morgan fingerprint density at radius 2 is 2.22 bits per heavy atom. The van der Waals surface area contributed by atoms with Gasteiger partial charge in [0.1, 0.15) is 11.5 Å². The van der Waals surface area contributed by atoms with Crippen LogP contribution < -0.4 is 0 Å². The average Bonchev–Trinajstić information content (AvgIpc) is 3.28. The second-order valence-electron chi connectivity index (χ2n) is 6.06. The summed E-state index contributed by atoms with van der Waals surface area (Å²) in [5.41, 5.74) is 2.68. The molecule has 0 radical (unpaired) electrons. The minimum atomic E-state index is 0.0394. The fourth-order valence-corrected chi connectivity index (χ4v) is 3.36. The van der Waals surface area contributed by atoms with Crippen molar-refractivity contribution in [2.24, 2.45) is 0 Å². The van der Waals surface area contributed by atoms with Crippen LogP contribution in [0.15, 0.2) is 36.8 Å². The topological polar surface area (TPSA) is 66.8 Å². The van der Waals surface area contributed by atoms with Gasteiger partial charge in [-0.3, -0.25) is 4.79 Å². The Morgan fingerprint density at radius 1 is 1.35 bits per heavy atom. The van der Waals surface area contributed by atoms with Gasteiger partial charge in [-0.05, 0) is 31.9 Å². The van der Waals surface area contributed by atoms with E-state index in [0.29, 0.717) is 5.69 Å². The van der Waals surface area contributed by atoms with Crippen LogP contribution in [0.5, 0.6) is 0 Å². The maximum atomic E-state index is 12.7. The Hall–Kier alpha value is -2.63. The highest BCUT2D eigenvalue weighted by molar-refractivity contribution is 5.92. The summed E-state index contributed by atoms with van der Waals surface area (Å²) in [6.07, 6.45) is 5.55. The Labute approximate surface area is 134 Å². The van der Waals surface area contributed by atoms with Crippen molar-refractivity contribution in [2.75, 3.05) is 6.54 Å². The summed E-state index contributed by atoms with van der Waals surface area (Å²) in [5.74, 6) is 0.808. The van der Waals surface area contributed by atoms with Crippen molar-refractivity contribution >= 4 is 16.9 Å². The zero-order valence-electron chi connectivity index (χ0n) is 13.1. The van der Waals surface area contributed by atoms with Crippen molar-refractivity contribution in [1.29, 1.82) is 0 Å². The van der Waals surface area contributed by atoms with Gasteiger partial charge in [-0.2, -0.15) is 0 Å². The number of hydrogen-bond donors (Lipinski definition) is 1. The molecular weight excluding hydrogens is 290 g/mol. The molecule has 1 aliphatic rings. The molecule has 3 aromatic rings. The first-order valence-corrected chi connectivity index (χ1v) is 7.95. The lowest BCUT2D eigenvalue weighted by Gasteiger charge is -2.24. The van der Waals surface area contributed by atoms with Gasteiger partial charge in [0.2, 0.25) is 0 Å². The number of hydrogen-bond acceptors (Lipinski definition) is 3. The quantitative estimate of drug-likeness (QED) is 0.807. The van der Waals surface area contributed by atoms with Crippen LogP contribution in [0.2, 0.25) is 0 Å². The second-order valence-corrected chi connectivity index (χ2v) is 6.06. The lowest BCUT2D eigenvalue weighted by atomic mass is 10.2. The number of H-pyrrole nitrogens is 1. The van der Waals surface area contributed by atoms with Gasteiger partial charge in [0, 0.05) is 13.1 Å². The van der Waals surface area contributed by atoms with Gasteiger partial charge < -0.3 is 14.5 Å². The molecule has 0 bridgehead atoms. The third-order valence-corrected chi connectivity index (χ3v) is 4.51. The number of fused-ring (bicyclic) bond motifs is 1. The molecule has 1 N–H and O–H groups in total. The van der Waals surface area contributed by atoms with Crippen molar-refractivity contribution in [3.05, 3.63) is 48.3 Å². The van der Waals surface area contributed by atoms with Gasteiger partial charge in [0.15, 0.2) is 0 Å². The summed E-state index contributed by atoms with van der Waals surface area (Å²) >= 11 is 0. The monoisotopic (exact) mass is 309 g/mol. The summed E-state index contributed by atoms with van der Waals surface area (Å²) in [5, 5.41) is 0. The summed E-state index contributed by atoms with van der Waals surface area (Å²) in [7, 11) is 0. The van der Waals surface area contributed by atoms with E-state index in [1.54, 1.807) is 6.20 Å². The van der Waals surface area contributed by atoms with Gasteiger partial charge >= 0.3 is 0 Å². The zero-order valence-corrected chi connectivity index (χ0v) is 13.1. The van der Waals surface area contributed by atoms with Crippen LogP contribution in [0.25, 0.3) is 11.0 Å². The maximum Gasteiger partial charge on any atom is 0.272 e. The highest BCUT2D eigenvalue weighted by atomic mass is 16.2. The van der Waals surface area contributed by atoms with E-state index >= 15 is 0 Å². The molecule has 6 heteroatoms. The lowest BCUT2D eigenvalue weighted by molar-refractivity contribution is 0.0719. The van der Waals surface area contributed by atoms with E-state index in [1.807, 2.05) is 36.4 Å². The minimum absolute atomic E-state index is 0.0394. The summed E-state index contributed by atoms with van der Waals surface area (Å²) < 4.78 is 2.14. The number of amides is 1. The maximum absolute atomic E-state index is 12.7. The number of rotatable bonds is 3. The first kappa shape index (κ1) is 14.0. The van der Waals surface area contributed by atoms with E-state index in [9.17, 15) is 4.79 Å². The number of likely N-dealkylation sites (tertiary alicyclic amines) is 1. The predicted octanol–water partition coefficient (Wildman–Crippen LogP) is 2.37. The fraction of sp³-hybridized carbons (Fsp3) is 0.353. The number of carbonyl (C=O) groups excluding carboxylic acids is 1. The third kappa shape index (κ3) is 2.50. The van der Waals surface area contributed by atoms with E-state index in [0.717, 1.165) is 42.8 Å². The number of nitrogens with one attached hydrogen (secondary N) is 1. The third-order valence-electron chi connectivity index (χ3n) is 4.51. The number of aryl methyl sites for hydroxylation is 1. The number of aromatic nitrogens is 4. The van der Waals surface area contributed by atoms with Crippen LogP contribution in [0.1, 0.15) is 29.2 Å². The largest absolute Gasteiger partial charge is 0.338 e. The van der Waals surface area contributed by atoms with Crippen LogP contribution in [0, 0.1) is 6.92 Å². The molecule has 118 valence electrons. The van der Waals surface area contributed by atoms with Crippen LogP contribution >= 0.6 is 0 Å². The molecule has 1 fully saturated rings. The van der Waals surface area contributed by atoms with E-state index in [-0.39, 0.29) is 11.9 Å². The number of carbonyl (C=O) groups is 1. The van der Waals surface area contributed by atoms with Crippen molar-refractivity contribution in [3.8, 4) is 0 Å². The Morgan fingerprint density at radius 3 is 3.04 bits per heavy atom. The number of imidazole rings is 2. The molecule has 1 amide bonds. The van der Waals surface area contributed by atoms with Gasteiger partial charge in [-0.1, -0.05) is 12.1 Å². The average molecular weight is 309 g/mol. The number of nitrogens with zero attached hydrogens (tertiary/aromatic N) is 4. The van der Waals surface area contributed by atoms with Crippen molar-refractivity contribution < 1.29 is 4.79 Å². The molecule has 23 heavy (non-hydrogen) atoms. The molecule has 6 nitrogen and oxygen atoms in total. The van der Waals surface area contributed by atoms with Gasteiger partial charge in [0.25, 0.3) is 5.91 Å².